The van der Waals surface area contributed by atoms with Crippen molar-refractivity contribution in [3.05, 3.63) is 46.0 Å². The van der Waals surface area contributed by atoms with Gasteiger partial charge >= 0.3 is 11.9 Å². The summed E-state index contributed by atoms with van der Waals surface area (Å²) in [5.41, 5.74) is 1.04. The molecule has 0 radical (unpaired) electrons. The van der Waals surface area contributed by atoms with Crippen LogP contribution >= 0.6 is 0 Å². The summed E-state index contributed by atoms with van der Waals surface area (Å²) in [7, 11) is 0. The van der Waals surface area contributed by atoms with Crippen molar-refractivity contribution in [3.8, 4) is 0 Å². The van der Waals surface area contributed by atoms with Gasteiger partial charge in [-0.2, -0.15) is 0 Å². The molecule has 0 spiro atoms. The maximum atomic E-state index is 11.7. The van der Waals surface area contributed by atoms with E-state index in [1.807, 2.05) is 20.8 Å². The van der Waals surface area contributed by atoms with Crippen LogP contribution < -0.4 is 11.1 Å². The lowest BCUT2D eigenvalue weighted by atomic mass is 10.1. The van der Waals surface area contributed by atoms with E-state index in [9.17, 15) is 19.2 Å². The summed E-state index contributed by atoms with van der Waals surface area (Å²) in [5.74, 6) is -0.102. The molecule has 6 heterocycles. The van der Waals surface area contributed by atoms with Gasteiger partial charge in [0.25, 0.3) is 11.1 Å². The van der Waals surface area contributed by atoms with Crippen LogP contribution in [0.5, 0.6) is 0 Å². The Balaban J connectivity index is 0.000000181. The molecule has 4 aromatic rings. The summed E-state index contributed by atoms with van der Waals surface area (Å²) in [6.07, 6.45) is 10.8. The molecule has 2 aliphatic rings. The highest BCUT2D eigenvalue weighted by atomic mass is 16.6. The molecule has 4 atom stereocenters. The second kappa shape index (κ2) is 15.2. The number of aromatic nitrogens is 8. The fourth-order valence-electron chi connectivity index (χ4n) is 5.33. The number of hydrogen-bond acceptors (Lipinski definition) is 12. The van der Waals surface area contributed by atoms with Crippen LogP contribution in [0.2, 0.25) is 0 Å². The maximum absolute atomic E-state index is 11.7. The number of fused-ring (bicyclic) bond motifs is 2. The molecule has 0 saturated carbocycles. The van der Waals surface area contributed by atoms with Crippen LogP contribution in [0.1, 0.15) is 84.6 Å². The van der Waals surface area contributed by atoms with Crippen molar-refractivity contribution >= 4 is 34.3 Å². The summed E-state index contributed by atoms with van der Waals surface area (Å²) in [6.45, 7) is 6.50. The molecule has 2 aliphatic heterocycles. The molecule has 0 amide bonds. The fourth-order valence-corrected chi connectivity index (χ4v) is 5.33. The average Bonchev–Trinajstić information content (AvgIpc) is 3.84. The van der Waals surface area contributed by atoms with E-state index in [4.69, 9.17) is 18.9 Å². The number of nitrogens with one attached hydrogen (secondary N) is 2. The molecule has 0 unspecified atom stereocenters. The molecular weight excluding hydrogens is 600 g/mol. The number of unbranched alkanes of at least 4 members (excludes halogenated alkanes) is 1. The number of rotatable bonds is 11. The van der Waals surface area contributed by atoms with Gasteiger partial charge in [-0.05, 0) is 38.0 Å². The van der Waals surface area contributed by atoms with E-state index in [2.05, 4.69) is 29.9 Å². The van der Waals surface area contributed by atoms with E-state index in [1.54, 1.807) is 21.8 Å². The second-order valence-corrected chi connectivity index (χ2v) is 11.8. The first-order valence-electron chi connectivity index (χ1n) is 15.7. The molecule has 0 bridgehead atoms. The lowest BCUT2D eigenvalue weighted by Gasteiger charge is -2.15. The number of carbonyl (C=O) groups excluding carboxylic acids is 2. The summed E-state index contributed by atoms with van der Waals surface area (Å²) in [6, 6.07) is 0. The lowest BCUT2D eigenvalue weighted by molar-refractivity contribution is -0.149. The van der Waals surface area contributed by atoms with Gasteiger partial charge in [-0.15, -0.1) is 0 Å². The average molecular weight is 641 g/mol. The Kier molecular flexibility index (Phi) is 10.9. The molecule has 2 N–H and O–H groups in total. The normalized spacial score (nSPS) is 21.0. The molecule has 0 aromatic carbocycles. The van der Waals surface area contributed by atoms with E-state index < -0.39 is 0 Å². The third-order valence-corrected chi connectivity index (χ3v) is 7.69. The number of hydrogen-bond donors (Lipinski definition) is 2. The molecule has 16 nitrogen and oxygen atoms in total. The fraction of sp³-hybridized carbons (Fsp3) is 0.600. The van der Waals surface area contributed by atoms with Gasteiger partial charge in [-0.3, -0.25) is 28.3 Å². The first-order valence-corrected chi connectivity index (χ1v) is 15.7. The minimum absolute atomic E-state index is 0.134. The number of H-pyrrole nitrogens is 2. The zero-order chi connectivity index (χ0) is 32.6. The predicted octanol–water partition coefficient (Wildman–Crippen LogP) is 2.92. The zero-order valence-corrected chi connectivity index (χ0v) is 26.2. The van der Waals surface area contributed by atoms with Crippen molar-refractivity contribution < 1.29 is 28.5 Å². The molecule has 0 aliphatic carbocycles. The molecule has 46 heavy (non-hydrogen) atoms. The first kappa shape index (κ1) is 32.9. The van der Waals surface area contributed by atoms with E-state index in [0.29, 0.717) is 35.2 Å². The van der Waals surface area contributed by atoms with Gasteiger partial charge in [-0.1, -0.05) is 27.2 Å². The largest absolute Gasteiger partial charge is 0.463 e. The van der Waals surface area contributed by atoms with Gasteiger partial charge in [0.05, 0.1) is 37.5 Å². The van der Waals surface area contributed by atoms with Crippen LogP contribution in [0.25, 0.3) is 22.3 Å². The Bertz CT molecular complexity index is 1740. The molecule has 2 saturated heterocycles. The van der Waals surface area contributed by atoms with Crippen molar-refractivity contribution in [1.82, 2.24) is 39.0 Å². The van der Waals surface area contributed by atoms with Crippen molar-refractivity contribution in [1.29, 1.82) is 0 Å². The SMILES string of the molecule is CC(C)CC(=O)OC[C@@H]1CC[C@H](n2cnc3c(=O)[nH]cnc32)O1.CCCCC(=O)OC[C@@H]1CC[C@H](n2cnc3c(=O)[nH]cnc32)O1. The molecule has 6 rings (SSSR count). The molecule has 248 valence electrons. The lowest BCUT2D eigenvalue weighted by Crippen LogP contribution is -2.20. The van der Waals surface area contributed by atoms with Crippen LogP contribution in [0.3, 0.4) is 0 Å². The summed E-state index contributed by atoms with van der Waals surface area (Å²) in [5, 5.41) is 0. The predicted molar refractivity (Wildman–Crippen MR) is 163 cm³/mol. The van der Waals surface area contributed by atoms with Crippen LogP contribution in [-0.2, 0) is 28.5 Å². The Labute approximate surface area is 263 Å². The van der Waals surface area contributed by atoms with Crippen LogP contribution in [0.15, 0.2) is 34.9 Å². The number of ether oxygens (including phenoxy) is 4. The van der Waals surface area contributed by atoms with Gasteiger partial charge in [0.2, 0.25) is 0 Å². The van der Waals surface area contributed by atoms with Gasteiger partial charge in [0, 0.05) is 12.8 Å². The number of nitrogens with zero attached hydrogens (tertiary/aromatic N) is 6. The van der Waals surface area contributed by atoms with E-state index in [1.165, 1.54) is 12.7 Å². The smallest absolute Gasteiger partial charge is 0.306 e. The quantitative estimate of drug-likeness (QED) is 0.228. The number of esters is 2. The third kappa shape index (κ3) is 8.04. The third-order valence-electron chi connectivity index (χ3n) is 7.69. The Morgan fingerprint density at radius 2 is 1.33 bits per heavy atom. The summed E-state index contributed by atoms with van der Waals surface area (Å²) in [4.78, 5) is 67.9. The van der Waals surface area contributed by atoms with Crippen LogP contribution in [-0.4, -0.2) is 76.4 Å². The zero-order valence-electron chi connectivity index (χ0n) is 26.2. The Hall–Kier alpha value is -4.44. The van der Waals surface area contributed by atoms with Crippen molar-refractivity contribution in [3.63, 3.8) is 0 Å². The molecule has 16 heteroatoms. The number of imidazole rings is 2. The van der Waals surface area contributed by atoms with Crippen molar-refractivity contribution in [2.75, 3.05) is 13.2 Å². The highest BCUT2D eigenvalue weighted by molar-refractivity contribution is 5.70. The maximum Gasteiger partial charge on any atom is 0.306 e. The van der Waals surface area contributed by atoms with Gasteiger partial charge in [-0.25, -0.2) is 19.9 Å². The monoisotopic (exact) mass is 640 g/mol. The first-order chi connectivity index (χ1) is 22.2. The van der Waals surface area contributed by atoms with Crippen molar-refractivity contribution in [2.45, 2.75) is 96.8 Å². The highest BCUT2D eigenvalue weighted by Crippen LogP contribution is 2.31. The van der Waals surface area contributed by atoms with E-state index in [0.717, 1.165) is 38.5 Å². The van der Waals surface area contributed by atoms with Gasteiger partial charge in [0.15, 0.2) is 22.3 Å². The van der Waals surface area contributed by atoms with Crippen LogP contribution in [0.4, 0.5) is 0 Å². The number of carbonyl (C=O) groups is 2. The molecular formula is C30H40N8O8. The van der Waals surface area contributed by atoms with Crippen molar-refractivity contribution in [2.24, 2.45) is 5.92 Å². The second-order valence-electron chi connectivity index (χ2n) is 11.8. The minimum Gasteiger partial charge on any atom is -0.463 e. The minimum atomic E-state index is -0.272. The van der Waals surface area contributed by atoms with Gasteiger partial charge < -0.3 is 28.9 Å². The summed E-state index contributed by atoms with van der Waals surface area (Å²) < 4.78 is 25.8. The Morgan fingerprint density at radius 3 is 1.80 bits per heavy atom. The number of aromatic amines is 2. The summed E-state index contributed by atoms with van der Waals surface area (Å²) >= 11 is 0. The highest BCUT2D eigenvalue weighted by Gasteiger charge is 2.30. The van der Waals surface area contributed by atoms with Crippen LogP contribution in [0, 0.1) is 5.92 Å². The standard InChI is InChI=1S/2C15H20N4O4/c1-9(2)5-12(20)22-6-10-3-4-11(23-10)19-8-18-13-14(19)16-7-17-15(13)21;1-2-3-4-12(20)22-7-10-5-6-11(23-10)19-9-18-13-14(19)16-8-17-15(13)21/h7-11H,3-6H2,1-2H3,(H,16,17,21);8-11H,2-7H2,1H3,(H,16,17,21)/t2*10-,11+/m00/s1. The topological polar surface area (TPSA) is 198 Å². The van der Waals surface area contributed by atoms with Gasteiger partial charge in [0.1, 0.15) is 25.7 Å². The Morgan fingerprint density at radius 1 is 0.826 bits per heavy atom. The molecule has 2 fully saturated rings. The van der Waals surface area contributed by atoms with E-state index in [-0.39, 0.29) is 66.9 Å². The van der Waals surface area contributed by atoms with E-state index >= 15 is 0 Å². The molecule has 4 aromatic heterocycles.